The molecule has 4 nitrogen and oxygen atoms in total. The van der Waals surface area contributed by atoms with Gasteiger partial charge in [-0.3, -0.25) is 0 Å². The Morgan fingerprint density at radius 3 is 2.92 bits per heavy atom. The first-order valence-electron chi connectivity index (χ1n) is 7.56. The van der Waals surface area contributed by atoms with Gasteiger partial charge in [0.25, 0.3) is 0 Å². The van der Waals surface area contributed by atoms with Crippen LogP contribution in [0.3, 0.4) is 0 Å². The summed E-state index contributed by atoms with van der Waals surface area (Å²) in [6.45, 7) is 0. The first-order chi connectivity index (χ1) is 11.6. The smallest absolute Gasteiger partial charge is 0.351 e. The van der Waals surface area contributed by atoms with Crippen LogP contribution in [-0.4, -0.2) is 13.1 Å². The molecule has 0 saturated carbocycles. The molecule has 0 bridgehead atoms. The number of fused-ring (bicyclic) bond motifs is 3. The van der Waals surface area contributed by atoms with Crippen molar-refractivity contribution in [3.63, 3.8) is 0 Å². The van der Waals surface area contributed by atoms with E-state index in [1.54, 1.807) is 11.3 Å². The molecule has 0 spiro atoms. The molecule has 3 aromatic rings. The van der Waals surface area contributed by atoms with Crippen molar-refractivity contribution in [2.75, 3.05) is 7.11 Å². The summed E-state index contributed by atoms with van der Waals surface area (Å²) in [4.78, 5) is 25.0. The topological polar surface area (TPSA) is 56.5 Å². The van der Waals surface area contributed by atoms with Crippen LogP contribution in [0.2, 0.25) is 0 Å². The maximum Gasteiger partial charge on any atom is 0.351 e. The number of carbonyl (C=O) groups excluding carboxylic acids is 1. The average molecular weight is 405 g/mol. The van der Waals surface area contributed by atoms with Gasteiger partial charge in [-0.05, 0) is 46.8 Å². The zero-order chi connectivity index (χ0) is 16.8. The van der Waals surface area contributed by atoms with E-state index in [0.717, 1.165) is 27.4 Å². The van der Waals surface area contributed by atoms with Gasteiger partial charge in [-0.2, -0.15) is 0 Å². The minimum absolute atomic E-state index is 0.0845. The molecule has 1 aromatic carbocycles. The van der Waals surface area contributed by atoms with E-state index in [0.29, 0.717) is 11.0 Å². The van der Waals surface area contributed by atoms with E-state index in [9.17, 15) is 9.59 Å². The van der Waals surface area contributed by atoms with E-state index in [1.807, 2.05) is 12.1 Å². The van der Waals surface area contributed by atoms with Gasteiger partial charge in [0.2, 0.25) is 0 Å². The lowest BCUT2D eigenvalue weighted by atomic mass is 10.1. The van der Waals surface area contributed by atoms with Crippen molar-refractivity contribution in [2.45, 2.75) is 19.3 Å². The molecule has 24 heavy (non-hydrogen) atoms. The number of allylic oxidation sites excluding steroid dienone is 2. The Kier molecular flexibility index (Phi) is 3.81. The number of methoxy groups -OCH3 is 1. The molecule has 4 rings (SSSR count). The molecule has 0 fully saturated rings. The van der Waals surface area contributed by atoms with Gasteiger partial charge < -0.3 is 9.15 Å². The Morgan fingerprint density at radius 2 is 2.21 bits per heavy atom. The number of rotatable bonds is 2. The highest BCUT2D eigenvalue weighted by atomic mass is 79.9. The fraction of sp³-hybridized carbons (Fsp3) is 0.222. The van der Waals surface area contributed by atoms with Gasteiger partial charge in [-0.1, -0.05) is 18.2 Å². The van der Waals surface area contributed by atoms with Crippen LogP contribution < -0.4 is 5.63 Å². The fourth-order valence-electron chi connectivity index (χ4n) is 3.04. The quantitative estimate of drug-likeness (QED) is 0.439. The maximum atomic E-state index is 12.1. The molecule has 0 unspecified atom stereocenters. The number of carbonyl (C=O) groups is 1. The van der Waals surface area contributed by atoms with Crippen LogP contribution in [0.25, 0.3) is 26.6 Å². The third-order valence-corrected chi connectivity index (χ3v) is 6.60. The normalized spacial score (nSPS) is 14.3. The predicted molar refractivity (Wildman–Crippen MR) is 98.7 cm³/mol. The number of halogens is 1. The van der Waals surface area contributed by atoms with E-state index in [1.165, 1.54) is 30.0 Å². The summed E-state index contributed by atoms with van der Waals surface area (Å²) >= 11 is 5.31. The van der Waals surface area contributed by atoms with Gasteiger partial charge in [0, 0.05) is 20.1 Å². The second-order valence-electron chi connectivity index (χ2n) is 5.67. The van der Waals surface area contributed by atoms with E-state index >= 15 is 0 Å². The van der Waals surface area contributed by atoms with Gasteiger partial charge in [-0.15, -0.1) is 11.3 Å². The zero-order valence-corrected chi connectivity index (χ0v) is 15.3. The lowest BCUT2D eigenvalue weighted by Gasteiger charge is -2.01. The van der Waals surface area contributed by atoms with Crippen molar-refractivity contribution in [1.82, 2.24) is 0 Å². The summed E-state index contributed by atoms with van der Waals surface area (Å²) in [6, 6.07) is 5.38. The van der Waals surface area contributed by atoms with Crippen molar-refractivity contribution < 1.29 is 13.9 Å². The molecular weight excluding hydrogens is 392 g/mol. The number of hydrogen-bond acceptors (Lipinski definition) is 5. The second kappa shape index (κ2) is 5.86. The van der Waals surface area contributed by atoms with E-state index in [2.05, 4.69) is 26.7 Å². The van der Waals surface area contributed by atoms with Gasteiger partial charge in [0.05, 0.1) is 11.8 Å². The van der Waals surface area contributed by atoms with Gasteiger partial charge >= 0.3 is 11.6 Å². The van der Waals surface area contributed by atoms with Crippen molar-refractivity contribution in [3.05, 3.63) is 49.6 Å². The van der Waals surface area contributed by atoms with Crippen molar-refractivity contribution in [3.8, 4) is 0 Å². The van der Waals surface area contributed by atoms with Crippen LogP contribution >= 0.6 is 27.3 Å². The molecular formula is C18H13BrO4S. The van der Waals surface area contributed by atoms with Gasteiger partial charge in [0.15, 0.2) is 5.58 Å². The lowest BCUT2D eigenvalue weighted by molar-refractivity contribution is 0.0596. The molecule has 1 aliphatic carbocycles. The standard InChI is InChI=1S/C18H13BrO4S/c1-22-17(20)12-8-10-6-7-11-13(19)15(9-4-2-3-5-9)24-16(11)14(10)23-18(12)21/h4,6-8H,2-3,5H2,1H3. The highest BCUT2D eigenvalue weighted by Crippen LogP contribution is 2.45. The Bertz CT molecular complexity index is 1070. The number of ether oxygens (including phenoxy) is 1. The Labute approximate surface area is 149 Å². The molecule has 0 aliphatic heterocycles. The van der Waals surface area contributed by atoms with Crippen LogP contribution in [0, 0.1) is 0 Å². The minimum Gasteiger partial charge on any atom is -0.465 e. The molecule has 0 amide bonds. The van der Waals surface area contributed by atoms with Crippen molar-refractivity contribution >= 4 is 59.9 Å². The van der Waals surface area contributed by atoms with Crippen LogP contribution in [0.5, 0.6) is 0 Å². The lowest BCUT2D eigenvalue weighted by Crippen LogP contribution is -2.14. The van der Waals surface area contributed by atoms with E-state index in [4.69, 9.17) is 4.42 Å². The molecule has 1 aliphatic rings. The highest BCUT2D eigenvalue weighted by Gasteiger charge is 2.20. The number of esters is 1. The minimum atomic E-state index is -0.685. The number of benzene rings is 1. The Morgan fingerprint density at radius 1 is 1.38 bits per heavy atom. The third-order valence-electron chi connectivity index (χ3n) is 4.23. The number of hydrogen-bond donors (Lipinski definition) is 0. The molecule has 0 saturated heterocycles. The van der Waals surface area contributed by atoms with Crippen LogP contribution in [-0.2, 0) is 4.74 Å². The summed E-state index contributed by atoms with van der Waals surface area (Å²) in [5, 5.41) is 1.73. The molecule has 6 heteroatoms. The largest absolute Gasteiger partial charge is 0.465 e. The van der Waals surface area contributed by atoms with Crippen molar-refractivity contribution in [1.29, 1.82) is 0 Å². The van der Waals surface area contributed by atoms with Crippen LogP contribution in [0.15, 0.2) is 38.0 Å². The highest BCUT2D eigenvalue weighted by molar-refractivity contribution is 9.10. The molecule has 122 valence electrons. The summed E-state index contributed by atoms with van der Waals surface area (Å²) < 4.78 is 12.1. The average Bonchev–Trinajstić information content (AvgIpc) is 3.22. The summed E-state index contributed by atoms with van der Waals surface area (Å²) in [6.07, 6.45) is 5.62. The first kappa shape index (κ1) is 15.6. The Hall–Kier alpha value is -1.92. The molecule has 2 aromatic heterocycles. The SMILES string of the molecule is COC(=O)c1cc2ccc3c(Br)c(C4=CCCC4)sc3c2oc1=O. The van der Waals surface area contributed by atoms with Crippen molar-refractivity contribution in [2.24, 2.45) is 0 Å². The molecule has 2 heterocycles. The summed E-state index contributed by atoms with van der Waals surface area (Å²) in [5.74, 6) is -0.685. The van der Waals surface area contributed by atoms with Gasteiger partial charge in [0.1, 0.15) is 5.56 Å². The number of thiophene rings is 1. The van der Waals surface area contributed by atoms with E-state index < -0.39 is 11.6 Å². The van der Waals surface area contributed by atoms with Crippen LogP contribution in [0.1, 0.15) is 34.5 Å². The third kappa shape index (κ3) is 2.32. The Balaban J connectivity index is 2.00. The monoisotopic (exact) mass is 404 g/mol. The zero-order valence-electron chi connectivity index (χ0n) is 12.8. The molecule has 0 radical (unpaired) electrons. The molecule has 0 atom stereocenters. The first-order valence-corrected chi connectivity index (χ1v) is 9.17. The molecule has 0 N–H and O–H groups in total. The summed E-state index contributed by atoms with van der Waals surface area (Å²) in [7, 11) is 1.24. The maximum absolute atomic E-state index is 12.1. The fourth-order valence-corrected chi connectivity index (χ4v) is 5.25. The summed E-state index contributed by atoms with van der Waals surface area (Å²) in [5.41, 5.74) is 1.09. The second-order valence-corrected chi connectivity index (χ2v) is 7.48. The predicted octanol–water partition coefficient (Wildman–Crippen LogP) is 5.12. The van der Waals surface area contributed by atoms with E-state index in [-0.39, 0.29) is 5.56 Å². The van der Waals surface area contributed by atoms with Crippen LogP contribution in [0.4, 0.5) is 0 Å². The van der Waals surface area contributed by atoms with Gasteiger partial charge in [-0.25, -0.2) is 9.59 Å².